The van der Waals surface area contributed by atoms with E-state index in [0.717, 1.165) is 22.4 Å². The van der Waals surface area contributed by atoms with Gasteiger partial charge < -0.3 is 5.32 Å². The summed E-state index contributed by atoms with van der Waals surface area (Å²) in [5.74, 6) is 0.0424. The van der Waals surface area contributed by atoms with Crippen molar-refractivity contribution in [1.29, 1.82) is 0 Å². The lowest BCUT2D eigenvalue weighted by atomic mass is 9.93. The summed E-state index contributed by atoms with van der Waals surface area (Å²) in [6, 6.07) is 38.8. The van der Waals surface area contributed by atoms with E-state index in [-0.39, 0.29) is 18.0 Å². The molecule has 0 spiro atoms. The molecule has 0 saturated heterocycles. The summed E-state index contributed by atoms with van der Waals surface area (Å²) in [6.07, 6.45) is 1.16. The van der Waals surface area contributed by atoms with Gasteiger partial charge in [-0.1, -0.05) is 109 Å². The summed E-state index contributed by atoms with van der Waals surface area (Å²) in [5.41, 5.74) is 4.60. The van der Waals surface area contributed by atoms with Gasteiger partial charge in [0, 0.05) is 11.3 Å². The molecule has 2 atom stereocenters. The third kappa shape index (κ3) is 6.83. The maximum Gasteiger partial charge on any atom is 0.220 e. The highest BCUT2D eigenvalue weighted by Gasteiger charge is 2.26. The van der Waals surface area contributed by atoms with Crippen LogP contribution in [0.4, 0.5) is 0 Å². The molecule has 4 rings (SSSR count). The predicted molar refractivity (Wildman–Crippen MR) is 141 cm³/mol. The van der Waals surface area contributed by atoms with Crippen LogP contribution >= 0.6 is 11.9 Å². The van der Waals surface area contributed by atoms with Crippen molar-refractivity contribution in [3.05, 3.63) is 138 Å². The second kappa shape index (κ2) is 12.2. The highest BCUT2D eigenvalue weighted by Crippen LogP contribution is 2.32. The average Bonchev–Trinajstić information content (AvgIpc) is 2.89. The van der Waals surface area contributed by atoms with Gasteiger partial charge >= 0.3 is 0 Å². The number of benzene rings is 4. The normalized spacial score (nSPS) is 12.6. The van der Waals surface area contributed by atoms with Crippen molar-refractivity contribution in [2.24, 2.45) is 0 Å². The lowest BCUT2D eigenvalue weighted by molar-refractivity contribution is -0.122. The molecular weight excluding hydrogens is 436 g/mol. The molecule has 0 aliphatic carbocycles. The molecular formula is C30H30N2OS. The SMILES string of the molecule is Cc1ccc(SN[C@H](c2ccccc2)[C@H](NC(=O)CCc2ccccc2)c2ccccc2)cc1. The number of nitrogens with one attached hydrogen (secondary N) is 2. The molecule has 2 N–H and O–H groups in total. The number of hydrogen-bond donors (Lipinski definition) is 2. The van der Waals surface area contributed by atoms with E-state index >= 15 is 0 Å². The van der Waals surface area contributed by atoms with E-state index in [1.165, 1.54) is 11.1 Å². The highest BCUT2D eigenvalue weighted by molar-refractivity contribution is 7.97. The lowest BCUT2D eigenvalue weighted by Gasteiger charge is -2.30. The first kappa shape index (κ1) is 23.8. The van der Waals surface area contributed by atoms with E-state index in [1.807, 2.05) is 54.6 Å². The monoisotopic (exact) mass is 466 g/mol. The fourth-order valence-corrected chi connectivity index (χ4v) is 4.70. The van der Waals surface area contributed by atoms with Crippen LogP contribution in [0.1, 0.15) is 40.8 Å². The van der Waals surface area contributed by atoms with Gasteiger partial charge in [0.2, 0.25) is 5.91 Å². The van der Waals surface area contributed by atoms with Crippen LogP contribution in [0.15, 0.2) is 120 Å². The molecule has 0 aliphatic heterocycles. The van der Waals surface area contributed by atoms with Gasteiger partial charge in [0.25, 0.3) is 0 Å². The van der Waals surface area contributed by atoms with Crippen molar-refractivity contribution in [2.45, 2.75) is 36.7 Å². The molecule has 4 aromatic carbocycles. The molecule has 0 radical (unpaired) electrons. The topological polar surface area (TPSA) is 41.1 Å². The number of amides is 1. The zero-order valence-electron chi connectivity index (χ0n) is 19.4. The van der Waals surface area contributed by atoms with Crippen molar-refractivity contribution >= 4 is 17.9 Å². The van der Waals surface area contributed by atoms with E-state index in [9.17, 15) is 4.79 Å². The van der Waals surface area contributed by atoms with Gasteiger partial charge in [0.05, 0.1) is 12.1 Å². The predicted octanol–water partition coefficient (Wildman–Crippen LogP) is 6.82. The first-order valence-corrected chi connectivity index (χ1v) is 12.4. The molecule has 4 heteroatoms. The number of hydrogen-bond acceptors (Lipinski definition) is 3. The van der Waals surface area contributed by atoms with E-state index in [0.29, 0.717) is 6.42 Å². The van der Waals surface area contributed by atoms with Crippen LogP contribution in [-0.4, -0.2) is 5.91 Å². The summed E-state index contributed by atoms with van der Waals surface area (Å²) < 4.78 is 3.65. The van der Waals surface area contributed by atoms with Crippen molar-refractivity contribution in [3.8, 4) is 0 Å². The Hall–Kier alpha value is -3.34. The van der Waals surface area contributed by atoms with Crippen LogP contribution in [0.25, 0.3) is 0 Å². The number of rotatable bonds is 10. The standard InChI is InChI=1S/C30H30N2OS/c1-23-17-20-27(21-18-23)34-32-30(26-15-9-4-10-16-26)29(25-13-7-3-8-14-25)31-28(33)22-19-24-11-5-2-6-12-24/h2-18,20-21,29-30,32H,19,22H2,1H3,(H,31,33)/t29-,30-/m1/s1. The second-order valence-electron chi connectivity index (χ2n) is 8.36. The maximum absolute atomic E-state index is 13.1. The van der Waals surface area contributed by atoms with E-state index < -0.39 is 0 Å². The minimum Gasteiger partial charge on any atom is -0.347 e. The Balaban J connectivity index is 1.57. The molecule has 0 fully saturated rings. The van der Waals surface area contributed by atoms with Gasteiger partial charge in [-0.25, -0.2) is 4.72 Å². The Morgan fingerprint density at radius 3 is 1.82 bits per heavy atom. The number of carbonyl (C=O) groups is 1. The van der Waals surface area contributed by atoms with Crippen molar-refractivity contribution in [1.82, 2.24) is 10.0 Å². The molecule has 0 unspecified atom stereocenters. The highest BCUT2D eigenvalue weighted by atomic mass is 32.2. The first-order valence-electron chi connectivity index (χ1n) is 11.6. The Kier molecular flexibility index (Phi) is 8.55. The van der Waals surface area contributed by atoms with Gasteiger partial charge in [0.1, 0.15) is 0 Å². The zero-order chi connectivity index (χ0) is 23.6. The fourth-order valence-electron chi connectivity index (χ4n) is 3.89. The Morgan fingerprint density at radius 2 is 1.24 bits per heavy atom. The number of carbonyl (C=O) groups excluding carboxylic acids is 1. The van der Waals surface area contributed by atoms with Gasteiger partial charge in [0.15, 0.2) is 0 Å². The summed E-state index contributed by atoms with van der Waals surface area (Å²) in [6.45, 7) is 2.09. The summed E-state index contributed by atoms with van der Waals surface area (Å²) in [7, 11) is 0. The number of aryl methyl sites for hydroxylation is 2. The molecule has 34 heavy (non-hydrogen) atoms. The second-order valence-corrected chi connectivity index (χ2v) is 9.27. The van der Waals surface area contributed by atoms with Crippen molar-refractivity contribution < 1.29 is 4.79 Å². The van der Waals surface area contributed by atoms with Crippen LogP contribution in [0.5, 0.6) is 0 Å². The summed E-state index contributed by atoms with van der Waals surface area (Å²) >= 11 is 1.59. The van der Waals surface area contributed by atoms with Crippen molar-refractivity contribution in [2.75, 3.05) is 0 Å². The van der Waals surface area contributed by atoms with Gasteiger partial charge in [-0.3, -0.25) is 4.79 Å². The quantitative estimate of drug-likeness (QED) is 0.252. The summed E-state index contributed by atoms with van der Waals surface area (Å²) in [4.78, 5) is 14.2. The lowest BCUT2D eigenvalue weighted by Crippen LogP contribution is -2.36. The summed E-state index contributed by atoms with van der Waals surface area (Å²) in [5, 5.41) is 3.33. The molecule has 0 aliphatic rings. The molecule has 0 saturated carbocycles. The Bertz CT molecular complexity index is 1150. The van der Waals surface area contributed by atoms with E-state index in [2.05, 4.69) is 77.6 Å². The minimum absolute atomic E-state index is 0.0424. The molecule has 0 bridgehead atoms. The first-order chi connectivity index (χ1) is 16.7. The Morgan fingerprint density at radius 1 is 0.706 bits per heavy atom. The van der Waals surface area contributed by atoms with Gasteiger partial charge in [-0.15, -0.1) is 0 Å². The van der Waals surface area contributed by atoms with Crippen LogP contribution in [0.2, 0.25) is 0 Å². The smallest absolute Gasteiger partial charge is 0.220 e. The van der Waals surface area contributed by atoms with Crippen LogP contribution < -0.4 is 10.0 Å². The Labute approximate surface area is 206 Å². The van der Waals surface area contributed by atoms with E-state index in [1.54, 1.807) is 11.9 Å². The largest absolute Gasteiger partial charge is 0.347 e. The van der Waals surface area contributed by atoms with Crippen LogP contribution in [0.3, 0.4) is 0 Å². The zero-order valence-corrected chi connectivity index (χ0v) is 20.2. The maximum atomic E-state index is 13.1. The molecule has 172 valence electrons. The third-order valence-electron chi connectivity index (χ3n) is 5.78. The molecule has 4 aromatic rings. The fraction of sp³-hybridized carbons (Fsp3) is 0.167. The van der Waals surface area contributed by atoms with Crippen LogP contribution in [0, 0.1) is 6.92 Å². The van der Waals surface area contributed by atoms with Crippen LogP contribution in [-0.2, 0) is 11.2 Å². The molecule has 1 amide bonds. The molecule has 3 nitrogen and oxygen atoms in total. The average molecular weight is 467 g/mol. The third-order valence-corrected chi connectivity index (χ3v) is 6.66. The molecule has 0 aromatic heterocycles. The van der Waals surface area contributed by atoms with Crippen molar-refractivity contribution in [3.63, 3.8) is 0 Å². The van der Waals surface area contributed by atoms with Gasteiger partial charge in [-0.2, -0.15) is 0 Å². The minimum atomic E-state index is -0.218. The van der Waals surface area contributed by atoms with E-state index in [4.69, 9.17) is 0 Å². The van der Waals surface area contributed by atoms with Gasteiger partial charge in [-0.05, 0) is 54.1 Å². The molecule has 0 heterocycles.